The first-order valence-electron chi connectivity index (χ1n) is 7.45. The Morgan fingerprint density at radius 3 is 3.00 bits per heavy atom. The van der Waals surface area contributed by atoms with Gasteiger partial charge < -0.3 is 9.88 Å². The van der Waals surface area contributed by atoms with E-state index in [1.165, 1.54) is 35.7 Å². The first-order chi connectivity index (χ1) is 9.72. The van der Waals surface area contributed by atoms with Crippen molar-refractivity contribution in [3.8, 4) is 6.07 Å². The summed E-state index contributed by atoms with van der Waals surface area (Å²) >= 11 is 0. The van der Waals surface area contributed by atoms with E-state index in [0.29, 0.717) is 12.0 Å². The number of nitrogens with one attached hydrogen (secondary N) is 1. The van der Waals surface area contributed by atoms with E-state index in [4.69, 9.17) is 5.26 Å². The van der Waals surface area contributed by atoms with Crippen LogP contribution in [0.1, 0.15) is 43.2 Å². The molecule has 0 radical (unpaired) electrons. The van der Waals surface area contributed by atoms with Crippen LogP contribution in [0.15, 0.2) is 24.4 Å². The lowest BCUT2D eigenvalue weighted by Crippen LogP contribution is -2.25. The van der Waals surface area contributed by atoms with Crippen LogP contribution in [0.4, 0.5) is 0 Å². The molecule has 0 saturated heterocycles. The topological polar surface area (TPSA) is 40.8 Å². The van der Waals surface area contributed by atoms with Gasteiger partial charge in [0.05, 0.1) is 11.6 Å². The van der Waals surface area contributed by atoms with Gasteiger partial charge in [-0.15, -0.1) is 0 Å². The number of aryl methyl sites for hydroxylation is 1. The highest BCUT2D eigenvalue weighted by Gasteiger charge is 2.27. The predicted octanol–water partition coefficient (Wildman–Crippen LogP) is 3.30. The van der Waals surface area contributed by atoms with Crippen LogP contribution < -0.4 is 5.32 Å². The summed E-state index contributed by atoms with van der Waals surface area (Å²) in [6, 6.07) is 8.92. The van der Waals surface area contributed by atoms with Gasteiger partial charge in [-0.05, 0) is 55.5 Å². The maximum absolute atomic E-state index is 9.11. The van der Waals surface area contributed by atoms with E-state index in [0.717, 1.165) is 12.1 Å². The van der Waals surface area contributed by atoms with Crippen LogP contribution in [0.3, 0.4) is 0 Å². The zero-order valence-corrected chi connectivity index (χ0v) is 12.2. The Kier molecular flexibility index (Phi) is 3.50. The summed E-state index contributed by atoms with van der Waals surface area (Å²) in [6.07, 6.45) is 5.97. The molecular weight excluding hydrogens is 246 g/mol. The standard InChI is InChI=1S/C17H21N3/c1-3-19-14-6-5-13(9-14)16-11-20(2)17-7-4-12(10-18)8-15(16)17/h4,7-8,11,13-14,19H,3,5-6,9H2,1-2H3. The monoisotopic (exact) mass is 267 g/mol. The van der Waals surface area contributed by atoms with Gasteiger partial charge in [-0.3, -0.25) is 0 Å². The second-order valence-electron chi connectivity index (χ2n) is 5.80. The van der Waals surface area contributed by atoms with E-state index in [9.17, 15) is 0 Å². The highest BCUT2D eigenvalue weighted by atomic mass is 14.9. The molecule has 1 aliphatic rings. The largest absolute Gasteiger partial charge is 0.350 e. The third-order valence-electron chi connectivity index (χ3n) is 4.51. The van der Waals surface area contributed by atoms with Gasteiger partial charge in [0.2, 0.25) is 0 Å². The van der Waals surface area contributed by atoms with Crippen LogP contribution in [0.2, 0.25) is 0 Å². The van der Waals surface area contributed by atoms with E-state index in [1.54, 1.807) is 0 Å². The molecule has 1 aromatic heterocycles. The molecule has 20 heavy (non-hydrogen) atoms. The van der Waals surface area contributed by atoms with E-state index >= 15 is 0 Å². The summed E-state index contributed by atoms with van der Waals surface area (Å²) in [7, 11) is 2.09. The second kappa shape index (κ2) is 5.30. The van der Waals surface area contributed by atoms with Crippen molar-refractivity contribution in [3.05, 3.63) is 35.5 Å². The number of nitriles is 1. The van der Waals surface area contributed by atoms with E-state index in [2.05, 4.69) is 42.2 Å². The van der Waals surface area contributed by atoms with Gasteiger partial charge in [0, 0.05) is 30.2 Å². The Balaban J connectivity index is 1.98. The van der Waals surface area contributed by atoms with Crippen LogP contribution in [-0.4, -0.2) is 17.2 Å². The number of fused-ring (bicyclic) bond motifs is 1. The van der Waals surface area contributed by atoms with Gasteiger partial charge in [-0.25, -0.2) is 0 Å². The maximum Gasteiger partial charge on any atom is 0.0991 e. The minimum absolute atomic E-state index is 0.622. The molecule has 0 spiro atoms. The van der Waals surface area contributed by atoms with Gasteiger partial charge in [0.25, 0.3) is 0 Å². The van der Waals surface area contributed by atoms with Crippen LogP contribution in [-0.2, 0) is 7.05 Å². The van der Waals surface area contributed by atoms with Gasteiger partial charge in [-0.1, -0.05) is 6.92 Å². The third kappa shape index (κ3) is 2.21. The molecule has 0 amide bonds. The molecule has 2 unspecified atom stereocenters. The van der Waals surface area contributed by atoms with Gasteiger partial charge in [-0.2, -0.15) is 5.26 Å². The van der Waals surface area contributed by atoms with Crippen molar-refractivity contribution in [2.45, 2.75) is 38.1 Å². The van der Waals surface area contributed by atoms with E-state index < -0.39 is 0 Å². The molecule has 1 N–H and O–H groups in total. The average molecular weight is 267 g/mol. The minimum atomic E-state index is 0.622. The molecule has 2 atom stereocenters. The molecule has 0 bridgehead atoms. The van der Waals surface area contributed by atoms with Crippen molar-refractivity contribution in [1.29, 1.82) is 5.26 Å². The molecule has 1 saturated carbocycles. The molecule has 3 rings (SSSR count). The van der Waals surface area contributed by atoms with Gasteiger partial charge >= 0.3 is 0 Å². The Bertz CT molecular complexity index is 663. The first-order valence-corrected chi connectivity index (χ1v) is 7.45. The Hall–Kier alpha value is -1.79. The summed E-state index contributed by atoms with van der Waals surface area (Å²) in [5.41, 5.74) is 3.40. The number of rotatable bonds is 3. The fraction of sp³-hybridized carbons (Fsp3) is 0.471. The van der Waals surface area contributed by atoms with Crippen molar-refractivity contribution in [1.82, 2.24) is 9.88 Å². The van der Waals surface area contributed by atoms with Crippen molar-refractivity contribution in [3.63, 3.8) is 0 Å². The highest BCUT2D eigenvalue weighted by molar-refractivity contribution is 5.85. The first kappa shape index (κ1) is 13.2. The SMILES string of the molecule is CCNC1CCC(c2cn(C)c3ccc(C#N)cc23)C1. The quantitative estimate of drug-likeness (QED) is 0.927. The summed E-state index contributed by atoms with van der Waals surface area (Å²) in [6.45, 7) is 3.22. The van der Waals surface area contributed by atoms with Crippen molar-refractivity contribution >= 4 is 10.9 Å². The number of aromatic nitrogens is 1. The highest BCUT2D eigenvalue weighted by Crippen LogP contribution is 2.38. The molecular formula is C17H21N3. The fourth-order valence-corrected chi connectivity index (χ4v) is 3.56. The normalized spacial score (nSPS) is 22.2. The summed E-state index contributed by atoms with van der Waals surface area (Å²) in [5.74, 6) is 0.622. The third-order valence-corrected chi connectivity index (χ3v) is 4.51. The average Bonchev–Trinajstić information content (AvgIpc) is 3.04. The molecule has 104 valence electrons. The lowest BCUT2D eigenvalue weighted by Gasteiger charge is -2.11. The zero-order valence-electron chi connectivity index (χ0n) is 12.2. The molecule has 1 fully saturated rings. The maximum atomic E-state index is 9.11. The Labute approximate surface area is 120 Å². The smallest absolute Gasteiger partial charge is 0.0991 e. The minimum Gasteiger partial charge on any atom is -0.350 e. The molecule has 1 aliphatic carbocycles. The van der Waals surface area contributed by atoms with Crippen LogP contribution in [0.5, 0.6) is 0 Å². The molecule has 1 aromatic carbocycles. The second-order valence-corrected chi connectivity index (χ2v) is 5.80. The summed E-state index contributed by atoms with van der Waals surface area (Å²) in [4.78, 5) is 0. The molecule has 3 heteroatoms. The number of hydrogen-bond donors (Lipinski definition) is 1. The van der Waals surface area contributed by atoms with Crippen LogP contribution >= 0.6 is 0 Å². The van der Waals surface area contributed by atoms with Crippen molar-refractivity contribution < 1.29 is 0 Å². The van der Waals surface area contributed by atoms with Crippen LogP contribution in [0.25, 0.3) is 10.9 Å². The molecule has 2 aromatic rings. The molecule has 1 heterocycles. The summed E-state index contributed by atoms with van der Waals surface area (Å²) < 4.78 is 2.19. The number of benzene rings is 1. The molecule has 3 nitrogen and oxygen atoms in total. The van der Waals surface area contributed by atoms with E-state index in [1.807, 2.05) is 12.1 Å². The van der Waals surface area contributed by atoms with Crippen molar-refractivity contribution in [2.75, 3.05) is 6.54 Å². The van der Waals surface area contributed by atoms with Crippen LogP contribution in [0, 0.1) is 11.3 Å². The molecule has 0 aliphatic heterocycles. The fourth-order valence-electron chi connectivity index (χ4n) is 3.56. The Morgan fingerprint density at radius 1 is 1.40 bits per heavy atom. The number of hydrogen-bond acceptors (Lipinski definition) is 2. The number of nitrogens with zero attached hydrogens (tertiary/aromatic N) is 2. The van der Waals surface area contributed by atoms with Gasteiger partial charge in [0.15, 0.2) is 0 Å². The summed E-state index contributed by atoms with van der Waals surface area (Å²) in [5, 5.41) is 13.9. The van der Waals surface area contributed by atoms with Gasteiger partial charge in [0.1, 0.15) is 0 Å². The lowest BCUT2D eigenvalue weighted by molar-refractivity contribution is 0.535. The Morgan fingerprint density at radius 2 is 2.25 bits per heavy atom. The lowest BCUT2D eigenvalue weighted by atomic mass is 9.96. The van der Waals surface area contributed by atoms with E-state index in [-0.39, 0.29) is 0 Å². The predicted molar refractivity (Wildman–Crippen MR) is 81.7 cm³/mol. The van der Waals surface area contributed by atoms with Crippen molar-refractivity contribution in [2.24, 2.45) is 7.05 Å². The zero-order chi connectivity index (χ0) is 14.1.